The summed E-state index contributed by atoms with van der Waals surface area (Å²) in [5.41, 5.74) is 2.53. The highest BCUT2D eigenvalue weighted by Gasteiger charge is 2.21. The van der Waals surface area contributed by atoms with Gasteiger partial charge in [0.05, 0.1) is 0 Å². The van der Waals surface area contributed by atoms with E-state index in [0.29, 0.717) is 0 Å². The first kappa shape index (κ1) is 14.7. The zero-order chi connectivity index (χ0) is 15.2. The Balaban J connectivity index is 2.22. The molecule has 0 aliphatic rings. The first-order valence-corrected chi connectivity index (χ1v) is 6.76. The second-order valence-corrected chi connectivity index (χ2v) is 4.89. The SMILES string of the molecule is CC(=O)C(C(C)=O)c1ccc(C#Cc2ccccc2)cc1. The maximum atomic E-state index is 11.5. The molecule has 0 aliphatic heterocycles. The Bertz CT molecular complexity index is 687. The third-order valence-electron chi connectivity index (χ3n) is 3.18. The van der Waals surface area contributed by atoms with Gasteiger partial charge in [-0.3, -0.25) is 9.59 Å². The minimum atomic E-state index is -0.666. The van der Waals surface area contributed by atoms with Crippen molar-refractivity contribution in [1.82, 2.24) is 0 Å². The van der Waals surface area contributed by atoms with Gasteiger partial charge in [-0.15, -0.1) is 0 Å². The standard InChI is InChI=1S/C19H16O2/c1-14(20)19(15(2)21)18-12-10-17(11-13-18)9-8-16-6-4-3-5-7-16/h3-7,10-13,19H,1-2H3. The molecule has 0 N–H and O–H groups in total. The number of carbonyl (C=O) groups excluding carboxylic acids is 2. The number of hydrogen-bond acceptors (Lipinski definition) is 2. The summed E-state index contributed by atoms with van der Waals surface area (Å²) in [5, 5.41) is 0. The van der Waals surface area contributed by atoms with Crippen molar-refractivity contribution in [3.05, 3.63) is 71.3 Å². The summed E-state index contributed by atoms with van der Waals surface area (Å²) in [5.74, 6) is 5.20. The third-order valence-corrected chi connectivity index (χ3v) is 3.18. The molecule has 2 aromatic rings. The highest BCUT2D eigenvalue weighted by atomic mass is 16.1. The Labute approximate surface area is 124 Å². The number of hydrogen-bond donors (Lipinski definition) is 0. The van der Waals surface area contributed by atoms with Crippen LogP contribution in [0.25, 0.3) is 0 Å². The van der Waals surface area contributed by atoms with Gasteiger partial charge in [-0.2, -0.15) is 0 Å². The summed E-state index contributed by atoms with van der Waals surface area (Å²) in [7, 11) is 0. The van der Waals surface area contributed by atoms with Gasteiger partial charge in [0.15, 0.2) is 0 Å². The van der Waals surface area contributed by atoms with Gasteiger partial charge in [0.25, 0.3) is 0 Å². The molecule has 0 saturated carbocycles. The Morgan fingerprint density at radius 1 is 0.762 bits per heavy atom. The van der Waals surface area contributed by atoms with E-state index in [4.69, 9.17) is 0 Å². The van der Waals surface area contributed by atoms with Gasteiger partial charge in [0, 0.05) is 11.1 Å². The van der Waals surface area contributed by atoms with Crippen LogP contribution >= 0.6 is 0 Å². The number of ketones is 2. The molecule has 2 nitrogen and oxygen atoms in total. The van der Waals surface area contributed by atoms with Crippen LogP contribution in [0.2, 0.25) is 0 Å². The summed E-state index contributed by atoms with van der Waals surface area (Å²) < 4.78 is 0. The average molecular weight is 276 g/mol. The summed E-state index contributed by atoms with van der Waals surface area (Å²) in [6.07, 6.45) is 0. The van der Waals surface area contributed by atoms with Crippen LogP contribution in [-0.2, 0) is 9.59 Å². The molecule has 0 radical (unpaired) electrons. The molecule has 0 heterocycles. The van der Waals surface area contributed by atoms with Crippen molar-refractivity contribution < 1.29 is 9.59 Å². The lowest BCUT2D eigenvalue weighted by Crippen LogP contribution is -2.16. The Kier molecular flexibility index (Phi) is 4.68. The number of benzene rings is 2. The van der Waals surface area contributed by atoms with Crippen molar-refractivity contribution >= 4 is 11.6 Å². The van der Waals surface area contributed by atoms with E-state index in [1.165, 1.54) is 13.8 Å². The van der Waals surface area contributed by atoms with Crippen LogP contribution in [-0.4, -0.2) is 11.6 Å². The first-order chi connectivity index (χ1) is 10.1. The molecule has 104 valence electrons. The first-order valence-electron chi connectivity index (χ1n) is 6.76. The van der Waals surface area contributed by atoms with E-state index in [2.05, 4.69) is 11.8 Å². The molecule has 2 aromatic carbocycles. The molecule has 0 saturated heterocycles. The normalized spacial score (nSPS) is 9.86. The van der Waals surface area contributed by atoms with Crippen molar-refractivity contribution in [3.63, 3.8) is 0 Å². The number of rotatable bonds is 3. The van der Waals surface area contributed by atoms with E-state index >= 15 is 0 Å². The van der Waals surface area contributed by atoms with Gasteiger partial charge in [-0.25, -0.2) is 0 Å². The van der Waals surface area contributed by atoms with Gasteiger partial charge in [0.2, 0.25) is 0 Å². The summed E-state index contributed by atoms with van der Waals surface area (Å²) in [4.78, 5) is 23.1. The summed E-state index contributed by atoms with van der Waals surface area (Å²) in [6.45, 7) is 2.88. The number of carbonyl (C=O) groups is 2. The minimum Gasteiger partial charge on any atom is -0.299 e. The fraction of sp³-hybridized carbons (Fsp3) is 0.158. The Hall–Kier alpha value is -2.66. The lowest BCUT2D eigenvalue weighted by Gasteiger charge is -2.10. The monoisotopic (exact) mass is 276 g/mol. The van der Waals surface area contributed by atoms with Crippen LogP contribution < -0.4 is 0 Å². The van der Waals surface area contributed by atoms with Gasteiger partial charge < -0.3 is 0 Å². The molecule has 21 heavy (non-hydrogen) atoms. The molecule has 0 spiro atoms. The zero-order valence-corrected chi connectivity index (χ0v) is 12.1. The third kappa shape index (κ3) is 3.90. The quantitative estimate of drug-likeness (QED) is 0.636. The lowest BCUT2D eigenvalue weighted by molar-refractivity contribution is -0.126. The topological polar surface area (TPSA) is 34.1 Å². The van der Waals surface area contributed by atoms with Gasteiger partial charge >= 0.3 is 0 Å². The van der Waals surface area contributed by atoms with Crippen LogP contribution in [0.1, 0.15) is 36.5 Å². The maximum absolute atomic E-state index is 11.5. The molecule has 0 aliphatic carbocycles. The largest absolute Gasteiger partial charge is 0.299 e. The zero-order valence-electron chi connectivity index (χ0n) is 12.1. The predicted molar refractivity (Wildman–Crippen MR) is 83.0 cm³/mol. The van der Waals surface area contributed by atoms with Crippen LogP contribution in [0.5, 0.6) is 0 Å². The fourth-order valence-electron chi connectivity index (χ4n) is 2.18. The smallest absolute Gasteiger partial charge is 0.144 e. The van der Waals surface area contributed by atoms with E-state index in [1.807, 2.05) is 42.5 Å². The summed E-state index contributed by atoms with van der Waals surface area (Å²) in [6, 6.07) is 17.0. The number of Topliss-reactive ketones (excluding diaryl/α,β-unsaturated/α-hetero) is 2. The van der Waals surface area contributed by atoms with Crippen molar-refractivity contribution in [3.8, 4) is 11.8 Å². The molecule has 0 atom stereocenters. The van der Waals surface area contributed by atoms with Crippen molar-refractivity contribution in [2.45, 2.75) is 19.8 Å². The van der Waals surface area contributed by atoms with Crippen molar-refractivity contribution in [2.75, 3.05) is 0 Å². The predicted octanol–water partition coefficient (Wildman–Crippen LogP) is 3.35. The molecule has 0 amide bonds. The van der Waals surface area contributed by atoms with Crippen LogP contribution in [0.4, 0.5) is 0 Å². The Morgan fingerprint density at radius 3 is 1.71 bits per heavy atom. The second kappa shape index (κ2) is 6.67. The molecule has 0 bridgehead atoms. The lowest BCUT2D eigenvalue weighted by atomic mass is 9.91. The average Bonchev–Trinajstić information content (AvgIpc) is 2.47. The second-order valence-electron chi connectivity index (χ2n) is 4.89. The highest BCUT2D eigenvalue weighted by molar-refractivity contribution is 6.05. The highest BCUT2D eigenvalue weighted by Crippen LogP contribution is 2.18. The summed E-state index contributed by atoms with van der Waals surface area (Å²) >= 11 is 0. The van der Waals surface area contributed by atoms with E-state index in [1.54, 1.807) is 12.1 Å². The van der Waals surface area contributed by atoms with Gasteiger partial charge in [0.1, 0.15) is 17.5 Å². The minimum absolute atomic E-state index is 0.134. The fourth-order valence-corrected chi connectivity index (χ4v) is 2.18. The molecule has 0 unspecified atom stereocenters. The molecule has 0 aromatic heterocycles. The maximum Gasteiger partial charge on any atom is 0.144 e. The van der Waals surface area contributed by atoms with E-state index in [-0.39, 0.29) is 11.6 Å². The van der Waals surface area contributed by atoms with Crippen molar-refractivity contribution in [2.24, 2.45) is 0 Å². The van der Waals surface area contributed by atoms with E-state index in [0.717, 1.165) is 16.7 Å². The van der Waals surface area contributed by atoms with Gasteiger partial charge in [-0.1, -0.05) is 42.2 Å². The Morgan fingerprint density at radius 2 is 1.24 bits per heavy atom. The molecule has 2 heteroatoms. The van der Waals surface area contributed by atoms with Crippen LogP contribution in [0.3, 0.4) is 0 Å². The van der Waals surface area contributed by atoms with Gasteiger partial charge in [-0.05, 0) is 43.7 Å². The van der Waals surface area contributed by atoms with Crippen LogP contribution in [0, 0.1) is 11.8 Å². The van der Waals surface area contributed by atoms with Crippen LogP contribution in [0.15, 0.2) is 54.6 Å². The van der Waals surface area contributed by atoms with Crippen molar-refractivity contribution in [1.29, 1.82) is 0 Å². The molecule has 2 rings (SSSR count). The molecular weight excluding hydrogens is 260 g/mol. The van der Waals surface area contributed by atoms with E-state index < -0.39 is 5.92 Å². The molecular formula is C19H16O2. The molecule has 0 fully saturated rings. The van der Waals surface area contributed by atoms with E-state index in [9.17, 15) is 9.59 Å².